The number of fused-ring (bicyclic) bond motifs is 1. The van der Waals surface area contributed by atoms with E-state index in [1.807, 2.05) is 39.2 Å². The number of aromatic carboxylic acids is 1. The molecule has 5 nitrogen and oxygen atoms in total. The van der Waals surface area contributed by atoms with Crippen LogP contribution in [-0.2, 0) is 0 Å². The van der Waals surface area contributed by atoms with Gasteiger partial charge >= 0.3 is 5.97 Å². The molecule has 0 heterocycles. The van der Waals surface area contributed by atoms with Gasteiger partial charge in [-0.05, 0) is 33.5 Å². The molecule has 23 heavy (non-hydrogen) atoms. The molecular formula is C18H23NO4. The first-order chi connectivity index (χ1) is 11.0. The summed E-state index contributed by atoms with van der Waals surface area (Å²) in [7, 11) is 5.53. The Balaban J connectivity index is 2.41. The highest BCUT2D eigenvalue weighted by molar-refractivity contribution is 6.04. The maximum Gasteiger partial charge on any atom is 0.340 e. The molecule has 0 fully saturated rings. The van der Waals surface area contributed by atoms with E-state index >= 15 is 0 Å². The maximum absolute atomic E-state index is 11.6. The Hall–Kier alpha value is -2.27. The van der Waals surface area contributed by atoms with Gasteiger partial charge < -0.3 is 19.5 Å². The van der Waals surface area contributed by atoms with E-state index in [1.54, 1.807) is 6.07 Å². The molecule has 2 aliphatic rings. The molecule has 0 aromatic carbocycles. The van der Waals surface area contributed by atoms with Gasteiger partial charge in [-0.25, -0.2) is 4.79 Å². The van der Waals surface area contributed by atoms with Crippen molar-refractivity contribution < 1.29 is 19.4 Å². The first-order valence-corrected chi connectivity index (χ1v) is 7.57. The molecule has 0 aromatic rings. The van der Waals surface area contributed by atoms with Crippen LogP contribution in [0.15, 0.2) is 24.3 Å². The van der Waals surface area contributed by atoms with Crippen molar-refractivity contribution in [1.82, 2.24) is 4.90 Å². The third-order valence-corrected chi connectivity index (χ3v) is 3.77. The number of carboxylic acids is 1. The third-order valence-electron chi connectivity index (χ3n) is 3.77. The lowest BCUT2D eigenvalue weighted by molar-refractivity contribution is 0.0695. The van der Waals surface area contributed by atoms with Crippen molar-refractivity contribution >= 4 is 5.97 Å². The predicted octanol–water partition coefficient (Wildman–Crippen LogP) is 3.14. The van der Waals surface area contributed by atoms with E-state index in [0.717, 1.165) is 24.1 Å². The topological polar surface area (TPSA) is 59.0 Å². The Morgan fingerprint density at radius 3 is 2.57 bits per heavy atom. The Morgan fingerprint density at radius 1 is 1.26 bits per heavy atom. The molecule has 1 N–H and O–H groups in total. The van der Waals surface area contributed by atoms with Crippen molar-refractivity contribution in [3.8, 4) is 22.6 Å². The monoisotopic (exact) mass is 317 g/mol. The Morgan fingerprint density at radius 2 is 1.96 bits per heavy atom. The molecule has 0 saturated carbocycles. The number of rotatable bonds is 7. The number of carboxylic acid groups (broad SMARTS) is 1. The largest absolute Gasteiger partial charge is 0.496 e. The van der Waals surface area contributed by atoms with E-state index in [9.17, 15) is 9.90 Å². The summed E-state index contributed by atoms with van der Waals surface area (Å²) in [4.78, 5) is 13.7. The fourth-order valence-corrected chi connectivity index (χ4v) is 2.76. The Labute approximate surface area is 136 Å². The number of nitrogens with zero attached hydrogens (tertiary/aromatic N) is 1. The third kappa shape index (κ3) is 3.56. The molecule has 0 saturated heterocycles. The van der Waals surface area contributed by atoms with Crippen LogP contribution in [0.1, 0.15) is 22.3 Å². The van der Waals surface area contributed by atoms with Crippen LogP contribution in [0.3, 0.4) is 0 Å². The van der Waals surface area contributed by atoms with Crippen molar-refractivity contribution in [3.05, 3.63) is 35.4 Å². The second-order valence-corrected chi connectivity index (χ2v) is 5.71. The number of ether oxygens (including phenoxy) is 2. The van der Waals surface area contributed by atoms with Gasteiger partial charge in [0.2, 0.25) is 0 Å². The second-order valence-electron chi connectivity index (χ2n) is 5.71. The first kappa shape index (κ1) is 17.1. The van der Waals surface area contributed by atoms with Crippen LogP contribution in [0.25, 0.3) is 11.1 Å². The van der Waals surface area contributed by atoms with Gasteiger partial charge in [0.25, 0.3) is 0 Å². The van der Waals surface area contributed by atoms with Crippen molar-refractivity contribution in [3.63, 3.8) is 0 Å². The van der Waals surface area contributed by atoms with E-state index in [4.69, 9.17) is 9.47 Å². The van der Waals surface area contributed by atoms with Crippen LogP contribution in [0.2, 0.25) is 0 Å². The van der Waals surface area contributed by atoms with Gasteiger partial charge in [0.15, 0.2) is 0 Å². The van der Waals surface area contributed by atoms with Crippen molar-refractivity contribution in [2.24, 2.45) is 0 Å². The van der Waals surface area contributed by atoms with Gasteiger partial charge in [0, 0.05) is 23.2 Å². The Bertz CT molecular complexity index is 667. The average Bonchev–Trinajstić information content (AvgIpc) is 2.64. The minimum atomic E-state index is -0.996. The molecule has 0 amide bonds. The van der Waals surface area contributed by atoms with Gasteiger partial charge in [0.1, 0.15) is 17.1 Å². The zero-order chi connectivity index (χ0) is 17.0. The highest BCUT2D eigenvalue weighted by atomic mass is 16.5. The highest BCUT2D eigenvalue weighted by Gasteiger charge is 2.28. The van der Waals surface area contributed by atoms with Crippen LogP contribution < -0.4 is 9.47 Å². The normalized spacial score (nSPS) is 11.0. The van der Waals surface area contributed by atoms with E-state index in [-0.39, 0.29) is 5.56 Å². The predicted molar refractivity (Wildman–Crippen MR) is 90.0 cm³/mol. The molecule has 2 rings (SSSR count). The molecule has 5 heteroatoms. The van der Waals surface area contributed by atoms with Crippen LogP contribution >= 0.6 is 0 Å². The summed E-state index contributed by atoms with van der Waals surface area (Å²) >= 11 is 0. The minimum absolute atomic E-state index is 0.189. The smallest absolute Gasteiger partial charge is 0.340 e. The van der Waals surface area contributed by atoms with Crippen molar-refractivity contribution in [1.29, 1.82) is 0 Å². The fraction of sp³-hybridized carbons (Fsp3) is 0.389. The van der Waals surface area contributed by atoms with E-state index in [0.29, 0.717) is 23.7 Å². The summed E-state index contributed by atoms with van der Waals surface area (Å²) in [5.74, 6) is 0.0913. The van der Waals surface area contributed by atoms with Gasteiger partial charge in [-0.15, -0.1) is 0 Å². The molecule has 0 unspecified atom stereocenters. The minimum Gasteiger partial charge on any atom is -0.496 e. The van der Waals surface area contributed by atoms with Gasteiger partial charge in [-0.2, -0.15) is 0 Å². The molecule has 124 valence electrons. The second kappa shape index (κ2) is 7.33. The number of hydrogen-bond acceptors (Lipinski definition) is 4. The number of carbonyl (C=O) groups is 1. The van der Waals surface area contributed by atoms with Crippen molar-refractivity contribution in [2.75, 3.05) is 34.4 Å². The summed E-state index contributed by atoms with van der Waals surface area (Å²) in [6.07, 6.45) is 0.899. The summed E-state index contributed by atoms with van der Waals surface area (Å²) in [5, 5.41) is 9.53. The van der Waals surface area contributed by atoms with Crippen LogP contribution in [0.4, 0.5) is 0 Å². The molecule has 0 bridgehead atoms. The molecule has 0 aromatic heterocycles. The number of methoxy groups -OCH3 is 1. The quantitative estimate of drug-likeness (QED) is 0.795. The zero-order valence-electron chi connectivity index (χ0n) is 14.0. The highest BCUT2D eigenvalue weighted by Crippen LogP contribution is 2.45. The molecular weight excluding hydrogens is 294 g/mol. The lowest BCUT2D eigenvalue weighted by atomic mass is 10.1. The van der Waals surface area contributed by atoms with Crippen LogP contribution in [0.5, 0.6) is 11.5 Å². The summed E-state index contributed by atoms with van der Waals surface area (Å²) < 4.78 is 11.3. The van der Waals surface area contributed by atoms with Gasteiger partial charge in [0.05, 0.1) is 13.7 Å². The van der Waals surface area contributed by atoms with Crippen molar-refractivity contribution in [2.45, 2.75) is 13.3 Å². The summed E-state index contributed by atoms with van der Waals surface area (Å²) in [6, 6.07) is 7.34. The fourth-order valence-electron chi connectivity index (χ4n) is 2.76. The Kier molecular flexibility index (Phi) is 5.45. The van der Waals surface area contributed by atoms with Crippen LogP contribution in [-0.4, -0.2) is 50.3 Å². The van der Waals surface area contributed by atoms with Gasteiger partial charge in [-0.1, -0.05) is 18.2 Å². The summed E-state index contributed by atoms with van der Waals surface area (Å²) in [6.45, 7) is 3.37. The van der Waals surface area contributed by atoms with Crippen LogP contribution in [0, 0.1) is 6.92 Å². The average molecular weight is 317 g/mol. The van der Waals surface area contributed by atoms with E-state index < -0.39 is 5.97 Å². The molecule has 0 spiro atoms. The SMILES string of the molecule is COc1c(C)c2c(OCCCN(C)C)ccccc-2c1C(=O)O. The van der Waals surface area contributed by atoms with E-state index in [2.05, 4.69) is 4.90 Å². The molecule has 0 aliphatic heterocycles. The molecule has 2 aliphatic carbocycles. The number of hydrogen-bond donors (Lipinski definition) is 1. The maximum atomic E-state index is 11.6. The first-order valence-electron chi connectivity index (χ1n) is 7.57. The van der Waals surface area contributed by atoms with E-state index in [1.165, 1.54) is 7.11 Å². The standard InChI is InChI=1S/C18H23NO4/c1-12-15-13(16(18(20)21)17(12)22-4)8-5-6-9-14(15)23-11-7-10-19(2)3/h5-6,8-9H,7,10-11H2,1-4H3,(H,20,21). The molecule has 0 radical (unpaired) electrons. The zero-order valence-corrected chi connectivity index (χ0v) is 14.0. The molecule has 0 atom stereocenters. The lowest BCUT2D eigenvalue weighted by Crippen LogP contribution is -2.15. The lowest BCUT2D eigenvalue weighted by Gasteiger charge is -2.12. The van der Waals surface area contributed by atoms with Gasteiger partial charge in [-0.3, -0.25) is 0 Å². The summed E-state index contributed by atoms with van der Waals surface area (Å²) in [5.41, 5.74) is 2.42.